The lowest BCUT2D eigenvalue weighted by atomic mass is 10.1. The van der Waals surface area contributed by atoms with Gasteiger partial charge in [0.25, 0.3) is 0 Å². The second kappa shape index (κ2) is 43.0. The predicted molar refractivity (Wildman–Crippen MR) is 237 cm³/mol. The van der Waals surface area contributed by atoms with E-state index in [0.717, 1.165) is 39.0 Å². The number of hydrogen-bond donors (Lipinski definition) is 0. The smallest absolute Gasteiger partial charge is 0.306 e. The minimum Gasteiger partial charge on any atom is -0.457 e. The number of carbonyl (C=O) groups excluding carboxylic acids is 1. The van der Waals surface area contributed by atoms with E-state index in [1.165, 1.54) is 167 Å². The molecule has 0 aromatic carbocycles. The first-order valence-electron chi connectivity index (χ1n) is 23.8. The third-order valence-corrected chi connectivity index (χ3v) is 10.6. The van der Waals surface area contributed by atoms with Crippen molar-refractivity contribution < 1.29 is 19.0 Å². The molecule has 0 unspecified atom stereocenters. The van der Waals surface area contributed by atoms with E-state index in [2.05, 4.69) is 70.7 Å². The Kier molecular flexibility index (Phi) is 42.0. The van der Waals surface area contributed by atoms with Crippen LogP contribution in [0.15, 0.2) is 24.3 Å². The quantitative estimate of drug-likeness (QED) is 0.0352. The number of esters is 1. The number of ether oxygens (including phenoxy) is 3. The number of unbranched alkanes of at least 4 members (excludes halogenated alkanes) is 24. The van der Waals surface area contributed by atoms with Gasteiger partial charge in [-0.1, -0.05) is 154 Å². The molecule has 0 spiro atoms. The fourth-order valence-electron chi connectivity index (χ4n) is 7.21. The van der Waals surface area contributed by atoms with Crippen molar-refractivity contribution in [2.75, 3.05) is 33.0 Å². The molecule has 0 rings (SSSR count). The van der Waals surface area contributed by atoms with Crippen molar-refractivity contribution in [3.05, 3.63) is 24.3 Å². The molecule has 0 aromatic rings. The summed E-state index contributed by atoms with van der Waals surface area (Å²) in [5.74, 6) is -0.130. The largest absolute Gasteiger partial charge is 0.457 e. The van der Waals surface area contributed by atoms with Gasteiger partial charge in [0, 0.05) is 31.7 Å². The van der Waals surface area contributed by atoms with Gasteiger partial charge < -0.3 is 14.2 Å². The van der Waals surface area contributed by atoms with Gasteiger partial charge in [0.2, 0.25) is 0 Å². The maximum Gasteiger partial charge on any atom is 0.306 e. The molecule has 0 aliphatic heterocycles. The molecule has 0 fully saturated rings. The van der Waals surface area contributed by atoms with Gasteiger partial charge in [0.05, 0.1) is 13.2 Å². The highest BCUT2D eigenvalue weighted by atomic mass is 16.6. The van der Waals surface area contributed by atoms with Crippen molar-refractivity contribution in [1.29, 1.82) is 0 Å². The van der Waals surface area contributed by atoms with Crippen molar-refractivity contribution in [3.63, 3.8) is 0 Å². The van der Waals surface area contributed by atoms with Crippen molar-refractivity contribution >= 4 is 5.97 Å². The molecule has 0 aliphatic rings. The van der Waals surface area contributed by atoms with Crippen LogP contribution in [-0.2, 0) is 19.0 Å². The van der Waals surface area contributed by atoms with Crippen molar-refractivity contribution in [1.82, 2.24) is 4.90 Å². The SMILES string of the molecule is CCCCCCCCC=CCCCCCCCCOCC(COCCCCCCCCC=CCCCCCCCC)OC(=O)CCCN(C(C)C)C(C)C. The molecule has 0 aromatic heterocycles. The summed E-state index contributed by atoms with van der Waals surface area (Å²) in [6.07, 6.45) is 47.0. The molecule has 54 heavy (non-hydrogen) atoms. The van der Waals surface area contributed by atoms with Crippen LogP contribution in [0, 0.1) is 0 Å². The number of carbonyl (C=O) groups is 1. The van der Waals surface area contributed by atoms with Crippen LogP contribution >= 0.6 is 0 Å². The Morgan fingerprint density at radius 3 is 1.15 bits per heavy atom. The second-order valence-electron chi connectivity index (χ2n) is 16.7. The van der Waals surface area contributed by atoms with Crippen molar-refractivity contribution in [2.24, 2.45) is 0 Å². The molecular weight excluding hydrogens is 667 g/mol. The van der Waals surface area contributed by atoms with Gasteiger partial charge in [-0.2, -0.15) is 0 Å². The minimum absolute atomic E-state index is 0.130. The maximum absolute atomic E-state index is 12.8. The van der Waals surface area contributed by atoms with Crippen LogP contribution in [0.25, 0.3) is 0 Å². The summed E-state index contributed by atoms with van der Waals surface area (Å²) in [6, 6.07) is 0.943. The Bertz CT molecular complexity index is 756. The van der Waals surface area contributed by atoms with E-state index in [1.54, 1.807) is 0 Å². The second-order valence-corrected chi connectivity index (χ2v) is 16.7. The molecule has 0 saturated heterocycles. The third kappa shape index (κ3) is 39.1. The molecule has 0 heterocycles. The minimum atomic E-state index is -0.327. The van der Waals surface area contributed by atoms with Gasteiger partial charge in [0.1, 0.15) is 6.10 Å². The Morgan fingerprint density at radius 1 is 0.463 bits per heavy atom. The van der Waals surface area contributed by atoms with Crippen molar-refractivity contribution in [3.8, 4) is 0 Å². The molecule has 5 heteroatoms. The predicted octanol–water partition coefficient (Wildman–Crippen LogP) is 14.9. The summed E-state index contributed by atoms with van der Waals surface area (Å²) < 4.78 is 18.0. The first kappa shape index (κ1) is 52.8. The van der Waals surface area contributed by atoms with E-state index in [0.29, 0.717) is 31.7 Å². The van der Waals surface area contributed by atoms with Crippen LogP contribution in [0.2, 0.25) is 0 Å². The first-order chi connectivity index (χ1) is 26.4. The van der Waals surface area contributed by atoms with Gasteiger partial charge in [0.15, 0.2) is 0 Å². The first-order valence-corrected chi connectivity index (χ1v) is 23.8. The monoisotopic (exact) mass is 762 g/mol. The lowest BCUT2D eigenvalue weighted by molar-refractivity contribution is -0.156. The summed E-state index contributed by atoms with van der Waals surface area (Å²) in [5, 5.41) is 0. The van der Waals surface area contributed by atoms with E-state index >= 15 is 0 Å². The van der Waals surface area contributed by atoms with Gasteiger partial charge in [-0.3, -0.25) is 9.69 Å². The molecule has 0 aliphatic carbocycles. The van der Waals surface area contributed by atoms with Gasteiger partial charge in [-0.15, -0.1) is 0 Å². The highest BCUT2D eigenvalue weighted by Gasteiger charge is 2.17. The van der Waals surface area contributed by atoms with Gasteiger partial charge in [-0.25, -0.2) is 0 Å². The molecular formula is C49H95NO4. The van der Waals surface area contributed by atoms with E-state index in [9.17, 15) is 4.79 Å². The fraction of sp³-hybridized carbons (Fsp3) is 0.898. The van der Waals surface area contributed by atoms with E-state index in [4.69, 9.17) is 14.2 Å². The zero-order chi connectivity index (χ0) is 39.6. The standard InChI is InChI=1S/C49H95NO4/c1-7-9-11-13-15-17-19-21-23-25-27-29-31-33-35-37-42-52-44-48(54-49(51)40-39-41-50(46(3)4)47(5)6)45-53-43-38-36-34-32-30-28-26-24-22-20-18-16-14-12-10-8-2/h21-24,46-48H,7-20,25-45H2,1-6H3. The fourth-order valence-corrected chi connectivity index (χ4v) is 7.21. The van der Waals surface area contributed by atoms with Crippen LogP contribution in [0.1, 0.15) is 234 Å². The van der Waals surface area contributed by atoms with Crippen LogP contribution in [0.5, 0.6) is 0 Å². The normalized spacial score (nSPS) is 12.8. The van der Waals surface area contributed by atoms with Crippen LogP contribution < -0.4 is 0 Å². The molecule has 0 bridgehead atoms. The summed E-state index contributed by atoms with van der Waals surface area (Å²) in [7, 11) is 0. The molecule has 320 valence electrons. The number of hydrogen-bond acceptors (Lipinski definition) is 5. The molecule has 0 radical (unpaired) electrons. The average Bonchev–Trinajstić information content (AvgIpc) is 3.15. The van der Waals surface area contributed by atoms with Crippen molar-refractivity contribution in [2.45, 2.75) is 252 Å². The Hall–Kier alpha value is -1.17. The summed E-state index contributed by atoms with van der Waals surface area (Å²) in [6.45, 7) is 16.6. The maximum atomic E-state index is 12.8. The summed E-state index contributed by atoms with van der Waals surface area (Å²) >= 11 is 0. The highest BCUT2D eigenvalue weighted by molar-refractivity contribution is 5.69. The Balaban J connectivity index is 4.14. The lowest BCUT2D eigenvalue weighted by Crippen LogP contribution is -2.38. The van der Waals surface area contributed by atoms with Gasteiger partial charge >= 0.3 is 5.97 Å². The van der Waals surface area contributed by atoms with E-state index < -0.39 is 0 Å². The average molecular weight is 762 g/mol. The summed E-state index contributed by atoms with van der Waals surface area (Å²) in [5.41, 5.74) is 0. The zero-order valence-corrected chi connectivity index (χ0v) is 37.4. The Labute approximate surface area is 338 Å². The zero-order valence-electron chi connectivity index (χ0n) is 37.4. The lowest BCUT2D eigenvalue weighted by Gasteiger charge is -2.30. The molecule has 0 saturated carbocycles. The molecule has 0 amide bonds. The van der Waals surface area contributed by atoms with Crippen LogP contribution in [0.3, 0.4) is 0 Å². The highest BCUT2D eigenvalue weighted by Crippen LogP contribution is 2.13. The third-order valence-electron chi connectivity index (χ3n) is 10.6. The number of nitrogens with zero attached hydrogens (tertiary/aromatic N) is 1. The molecule has 5 nitrogen and oxygen atoms in total. The Morgan fingerprint density at radius 2 is 0.796 bits per heavy atom. The van der Waals surface area contributed by atoms with Crippen LogP contribution in [-0.4, -0.2) is 62.0 Å². The topological polar surface area (TPSA) is 48.0 Å². The number of allylic oxidation sites excluding steroid dienone is 4. The van der Waals surface area contributed by atoms with E-state index in [1.807, 2.05) is 0 Å². The number of rotatable bonds is 43. The summed E-state index contributed by atoms with van der Waals surface area (Å²) in [4.78, 5) is 15.2. The van der Waals surface area contributed by atoms with Crippen LogP contribution in [0.4, 0.5) is 0 Å². The molecule has 0 atom stereocenters. The van der Waals surface area contributed by atoms with E-state index in [-0.39, 0.29) is 12.1 Å². The van der Waals surface area contributed by atoms with Gasteiger partial charge in [-0.05, 0) is 105 Å². The molecule has 0 N–H and O–H groups in total.